The molecule has 0 aliphatic heterocycles. The summed E-state index contributed by atoms with van der Waals surface area (Å²) in [7, 11) is 2.18. The van der Waals surface area contributed by atoms with Crippen molar-refractivity contribution in [3.8, 4) is 0 Å². The smallest absolute Gasteiger partial charge is 0.237 e. The summed E-state index contributed by atoms with van der Waals surface area (Å²) in [6, 6.07) is 0. The van der Waals surface area contributed by atoms with E-state index in [0.717, 1.165) is 0 Å². The first-order valence-electron chi connectivity index (χ1n) is 7.83. The van der Waals surface area contributed by atoms with Gasteiger partial charge in [-0.3, -0.25) is 0 Å². The van der Waals surface area contributed by atoms with E-state index in [0.29, 0.717) is 0 Å². The van der Waals surface area contributed by atoms with E-state index >= 15 is 0 Å². The maximum atomic E-state index is 2.46. The summed E-state index contributed by atoms with van der Waals surface area (Å²) in [5.74, 6) is 1.50. The van der Waals surface area contributed by atoms with E-state index in [1.165, 1.54) is 70.2 Å². The highest BCUT2D eigenvalue weighted by Gasteiger charge is 2.13. The molecule has 0 spiro atoms. The molecule has 1 aromatic rings. The minimum atomic E-state index is 1.20. The molecule has 0 atom stereocenters. The zero-order valence-corrected chi connectivity index (χ0v) is 12.6. The average molecular weight is 251 g/mol. The molecule has 1 aromatic heterocycles. The maximum absolute atomic E-state index is 2.46. The molecule has 0 unspecified atom stereocenters. The van der Waals surface area contributed by atoms with Crippen LogP contribution in [0.4, 0.5) is 0 Å². The quantitative estimate of drug-likeness (QED) is 0.439. The SMILES string of the molecule is CCCCCCC[n+]1ccn(C)c1CCCCC. The second-order valence-electron chi connectivity index (χ2n) is 5.39. The highest BCUT2D eigenvalue weighted by Crippen LogP contribution is 2.05. The Hall–Kier alpha value is -0.790. The monoisotopic (exact) mass is 251 g/mol. The van der Waals surface area contributed by atoms with Crippen LogP contribution in [-0.4, -0.2) is 4.57 Å². The fourth-order valence-electron chi connectivity index (χ4n) is 2.50. The molecule has 0 saturated carbocycles. The van der Waals surface area contributed by atoms with Gasteiger partial charge in [-0.15, -0.1) is 0 Å². The van der Waals surface area contributed by atoms with Gasteiger partial charge in [-0.1, -0.05) is 46.0 Å². The summed E-state index contributed by atoms with van der Waals surface area (Å²) < 4.78 is 4.75. The number of hydrogen-bond donors (Lipinski definition) is 0. The Morgan fingerprint density at radius 1 is 0.944 bits per heavy atom. The van der Waals surface area contributed by atoms with Gasteiger partial charge < -0.3 is 0 Å². The highest BCUT2D eigenvalue weighted by atomic mass is 15.1. The summed E-state index contributed by atoms with van der Waals surface area (Å²) in [5, 5.41) is 0. The molecule has 0 saturated heterocycles. The molecule has 0 amide bonds. The summed E-state index contributed by atoms with van der Waals surface area (Å²) in [5.41, 5.74) is 0. The van der Waals surface area contributed by atoms with Crippen molar-refractivity contribution in [2.45, 2.75) is 78.2 Å². The van der Waals surface area contributed by atoms with Gasteiger partial charge in [0.25, 0.3) is 5.82 Å². The molecule has 104 valence electrons. The van der Waals surface area contributed by atoms with Crippen LogP contribution in [-0.2, 0) is 20.0 Å². The van der Waals surface area contributed by atoms with Crippen molar-refractivity contribution in [2.75, 3.05) is 0 Å². The van der Waals surface area contributed by atoms with Gasteiger partial charge in [-0.2, -0.15) is 0 Å². The van der Waals surface area contributed by atoms with Crippen LogP contribution in [0.25, 0.3) is 0 Å². The lowest BCUT2D eigenvalue weighted by molar-refractivity contribution is -0.704. The largest absolute Gasteiger partial charge is 0.256 e. The van der Waals surface area contributed by atoms with Crippen LogP contribution in [0, 0.1) is 0 Å². The average Bonchev–Trinajstić information content (AvgIpc) is 2.71. The Morgan fingerprint density at radius 2 is 1.61 bits per heavy atom. The molecule has 0 bridgehead atoms. The van der Waals surface area contributed by atoms with Crippen molar-refractivity contribution in [2.24, 2.45) is 7.05 Å². The number of imidazole rings is 1. The molecule has 0 aliphatic rings. The fraction of sp³-hybridized carbons (Fsp3) is 0.812. The van der Waals surface area contributed by atoms with E-state index in [1.54, 1.807) is 0 Å². The van der Waals surface area contributed by atoms with Crippen LogP contribution >= 0.6 is 0 Å². The molecule has 0 aromatic carbocycles. The van der Waals surface area contributed by atoms with Gasteiger partial charge >= 0.3 is 0 Å². The van der Waals surface area contributed by atoms with Crippen molar-refractivity contribution in [1.29, 1.82) is 0 Å². The predicted octanol–water partition coefficient (Wildman–Crippen LogP) is 4.02. The second kappa shape index (κ2) is 9.18. The van der Waals surface area contributed by atoms with Crippen LogP contribution in [0.15, 0.2) is 12.4 Å². The van der Waals surface area contributed by atoms with E-state index in [1.807, 2.05) is 0 Å². The van der Waals surface area contributed by atoms with Crippen molar-refractivity contribution >= 4 is 0 Å². The van der Waals surface area contributed by atoms with Crippen LogP contribution < -0.4 is 4.57 Å². The molecule has 0 fully saturated rings. The van der Waals surface area contributed by atoms with Crippen molar-refractivity contribution in [3.05, 3.63) is 18.2 Å². The summed E-state index contributed by atoms with van der Waals surface area (Å²) in [6.07, 6.45) is 16.5. The Bertz CT molecular complexity index is 315. The van der Waals surface area contributed by atoms with E-state index < -0.39 is 0 Å². The molecular weight excluding hydrogens is 220 g/mol. The summed E-state index contributed by atoms with van der Waals surface area (Å²) >= 11 is 0. The van der Waals surface area contributed by atoms with E-state index in [4.69, 9.17) is 0 Å². The topological polar surface area (TPSA) is 8.81 Å². The number of aromatic nitrogens is 2. The maximum Gasteiger partial charge on any atom is 0.256 e. The molecule has 2 heteroatoms. The molecule has 0 N–H and O–H groups in total. The molecular formula is C16H31N2+. The number of nitrogens with zero attached hydrogens (tertiary/aromatic N) is 2. The van der Waals surface area contributed by atoms with Gasteiger partial charge in [-0.25, -0.2) is 9.13 Å². The number of aryl methyl sites for hydroxylation is 2. The zero-order chi connectivity index (χ0) is 13.2. The molecule has 0 radical (unpaired) electrons. The lowest BCUT2D eigenvalue weighted by Crippen LogP contribution is -2.37. The van der Waals surface area contributed by atoms with Crippen LogP contribution in [0.5, 0.6) is 0 Å². The van der Waals surface area contributed by atoms with E-state index in [9.17, 15) is 0 Å². The van der Waals surface area contributed by atoms with Gasteiger partial charge in [0.05, 0.1) is 13.6 Å². The van der Waals surface area contributed by atoms with Gasteiger partial charge in [0.15, 0.2) is 0 Å². The highest BCUT2D eigenvalue weighted by molar-refractivity contribution is 4.82. The van der Waals surface area contributed by atoms with Crippen LogP contribution in [0.2, 0.25) is 0 Å². The minimum absolute atomic E-state index is 1.20. The Balaban J connectivity index is 2.35. The Morgan fingerprint density at radius 3 is 2.33 bits per heavy atom. The van der Waals surface area contributed by atoms with Crippen LogP contribution in [0.3, 0.4) is 0 Å². The number of rotatable bonds is 10. The second-order valence-corrected chi connectivity index (χ2v) is 5.39. The number of hydrogen-bond acceptors (Lipinski definition) is 0. The van der Waals surface area contributed by atoms with Gasteiger partial charge in [0, 0.05) is 6.42 Å². The fourth-order valence-corrected chi connectivity index (χ4v) is 2.50. The molecule has 18 heavy (non-hydrogen) atoms. The van der Waals surface area contributed by atoms with Gasteiger partial charge in [-0.05, 0) is 19.3 Å². The third kappa shape index (κ3) is 5.24. The molecule has 0 aliphatic carbocycles. The van der Waals surface area contributed by atoms with Crippen molar-refractivity contribution < 1.29 is 4.57 Å². The molecule has 2 nitrogen and oxygen atoms in total. The zero-order valence-electron chi connectivity index (χ0n) is 12.6. The van der Waals surface area contributed by atoms with Crippen molar-refractivity contribution in [1.82, 2.24) is 4.57 Å². The molecule has 1 heterocycles. The first-order chi connectivity index (χ1) is 8.79. The number of unbranched alkanes of at least 4 members (excludes halogenated alkanes) is 6. The minimum Gasteiger partial charge on any atom is -0.237 e. The third-order valence-electron chi connectivity index (χ3n) is 3.72. The lowest BCUT2D eigenvalue weighted by atomic mass is 10.1. The standard InChI is InChI=1S/C16H31N2/c1-4-6-8-9-11-13-18-15-14-17(3)16(18)12-10-7-5-2/h14-15H,4-13H2,1-3H3/q+1. The first-order valence-corrected chi connectivity index (χ1v) is 7.83. The summed E-state index contributed by atoms with van der Waals surface area (Å²) in [4.78, 5) is 0. The lowest BCUT2D eigenvalue weighted by Gasteiger charge is -2.03. The Labute approximate surface area is 113 Å². The normalized spacial score (nSPS) is 11.1. The predicted molar refractivity (Wildman–Crippen MR) is 77.6 cm³/mol. The molecule has 1 rings (SSSR count). The van der Waals surface area contributed by atoms with Gasteiger partial charge in [0.2, 0.25) is 0 Å². The third-order valence-corrected chi connectivity index (χ3v) is 3.72. The van der Waals surface area contributed by atoms with E-state index in [2.05, 4.69) is 42.4 Å². The first kappa shape index (κ1) is 15.3. The summed E-state index contributed by atoms with van der Waals surface area (Å²) in [6.45, 7) is 5.75. The van der Waals surface area contributed by atoms with Crippen molar-refractivity contribution in [3.63, 3.8) is 0 Å². The van der Waals surface area contributed by atoms with E-state index in [-0.39, 0.29) is 0 Å². The van der Waals surface area contributed by atoms with Gasteiger partial charge in [0.1, 0.15) is 12.4 Å². The van der Waals surface area contributed by atoms with Crippen LogP contribution in [0.1, 0.15) is 71.0 Å². The Kier molecular flexibility index (Phi) is 7.79.